The van der Waals surface area contributed by atoms with Crippen molar-refractivity contribution in [3.05, 3.63) is 23.3 Å². The molecule has 0 atom stereocenters. The van der Waals surface area contributed by atoms with Crippen molar-refractivity contribution < 1.29 is 18.3 Å². The average Bonchev–Trinajstić information content (AvgIpc) is 2.72. The van der Waals surface area contributed by atoms with Crippen molar-refractivity contribution in [1.82, 2.24) is 0 Å². The number of hydrogen-bond donors (Lipinski definition) is 0. The highest BCUT2D eigenvalue weighted by Gasteiger charge is 2.31. The highest BCUT2D eigenvalue weighted by molar-refractivity contribution is 5.42. The van der Waals surface area contributed by atoms with E-state index in [1.807, 2.05) is 0 Å². The number of hydrogen-bond acceptors (Lipinski definition) is 2. The molecule has 2 saturated carbocycles. The first-order valence-corrected chi connectivity index (χ1v) is 11.2. The lowest BCUT2D eigenvalue weighted by atomic mass is 9.69. The maximum atomic E-state index is 14.3. The van der Waals surface area contributed by atoms with Gasteiger partial charge in [0.2, 0.25) is 11.6 Å². The third-order valence-corrected chi connectivity index (χ3v) is 7.14. The van der Waals surface area contributed by atoms with E-state index >= 15 is 0 Å². The Morgan fingerprint density at radius 3 is 2.00 bits per heavy atom. The van der Waals surface area contributed by atoms with E-state index in [0.717, 1.165) is 30.6 Å². The van der Waals surface area contributed by atoms with E-state index in [9.17, 15) is 8.78 Å². The van der Waals surface area contributed by atoms with Gasteiger partial charge in [-0.1, -0.05) is 32.6 Å². The summed E-state index contributed by atoms with van der Waals surface area (Å²) in [5, 5.41) is 0. The SMILES string of the molecule is CCCC1CCC(C2CCC(COc3c(C)cc(OC)c(F)c3F)CC2)CC1. The smallest absolute Gasteiger partial charge is 0.204 e. The summed E-state index contributed by atoms with van der Waals surface area (Å²) in [7, 11) is 1.34. The summed E-state index contributed by atoms with van der Waals surface area (Å²) in [6, 6.07) is 1.50. The molecular formula is C24H36F2O2. The van der Waals surface area contributed by atoms with Crippen LogP contribution >= 0.6 is 0 Å². The van der Waals surface area contributed by atoms with Gasteiger partial charge in [-0.15, -0.1) is 0 Å². The van der Waals surface area contributed by atoms with E-state index in [2.05, 4.69) is 6.92 Å². The minimum absolute atomic E-state index is 0.0367. The van der Waals surface area contributed by atoms with Gasteiger partial charge < -0.3 is 9.47 Å². The summed E-state index contributed by atoms with van der Waals surface area (Å²) < 4.78 is 38.9. The molecule has 0 radical (unpaired) electrons. The Balaban J connectivity index is 1.46. The van der Waals surface area contributed by atoms with E-state index in [-0.39, 0.29) is 11.5 Å². The van der Waals surface area contributed by atoms with Crippen LogP contribution in [0.2, 0.25) is 0 Å². The zero-order valence-electron chi connectivity index (χ0n) is 17.7. The minimum Gasteiger partial charge on any atom is -0.494 e. The second-order valence-corrected chi connectivity index (χ2v) is 9.01. The molecule has 0 heterocycles. The number of rotatable bonds is 7. The van der Waals surface area contributed by atoms with Crippen molar-refractivity contribution in [1.29, 1.82) is 0 Å². The van der Waals surface area contributed by atoms with E-state index in [0.29, 0.717) is 18.1 Å². The maximum Gasteiger partial charge on any atom is 0.204 e. The highest BCUT2D eigenvalue weighted by Crippen LogP contribution is 2.42. The molecule has 0 saturated heterocycles. The lowest BCUT2D eigenvalue weighted by Gasteiger charge is -2.37. The Labute approximate surface area is 169 Å². The lowest BCUT2D eigenvalue weighted by molar-refractivity contribution is 0.120. The van der Waals surface area contributed by atoms with E-state index < -0.39 is 11.6 Å². The summed E-state index contributed by atoms with van der Waals surface area (Å²) >= 11 is 0. The number of aryl methyl sites for hydroxylation is 1. The Morgan fingerprint density at radius 2 is 1.46 bits per heavy atom. The predicted octanol–water partition coefficient (Wildman–Crippen LogP) is 7.07. The highest BCUT2D eigenvalue weighted by atomic mass is 19.2. The normalized spacial score (nSPS) is 28.2. The fourth-order valence-corrected chi connectivity index (χ4v) is 5.42. The molecule has 2 fully saturated rings. The molecule has 0 N–H and O–H groups in total. The summed E-state index contributed by atoms with van der Waals surface area (Å²) in [5.74, 6) is 1.23. The fourth-order valence-electron chi connectivity index (χ4n) is 5.42. The summed E-state index contributed by atoms with van der Waals surface area (Å²) in [5.41, 5.74) is 0.577. The molecule has 1 aromatic carbocycles. The molecule has 0 aliphatic heterocycles. The van der Waals surface area contributed by atoms with Crippen LogP contribution in [0.15, 0.2) is 6.07 Å². The van der Waals surface area contributed by atoms with Gasteiger partial charge in [0.05, 0.1) is 13.7 Å². The third-order valence-electron chi connectivity index (χ3n) is 7.14. The molecule has 158 valence electrons. The molecule has 2 aliphatic rings. The van der Waals surface area contributed by atoms with Crippen LogP contribution in [0.5, 0.6) is 11.5 Å². The monoisotopic (exact) mass is 394 g/mol. The molecule has 28 heavy (non-hydrogen) atoms. The lowest BCUT2D eigenvalue weighted by Crippen LogP contribution is -2.27. The first-order valence-electron chi connectivity index (χ1n) is 11.2. The first kappa shape index (κ1) is 21.4. The molecule has 4 heteroatoms. The quantitative estimate of drug-likeness (QED) is 0.492. The molecule has 0 bridgehead atoms. The molecule has 2 nitrogen and oxygen atoms in total. The van der Waals surface area contributed by atoms with Crippen LogP contribution in [0.25, 0.3) is 0 Å². The second kappa shape index (κ2) is 9.93. The van der Waals surface area contributed by atoms with Crippen molar-refractivity contribution >= 4 is 0 Å². The van der Waals surface area contributed by atoms with Gasteiger partial charge in [-0.25, -0.2) is 0 Å². The Morgan fingerprint density at radius 1 is 0.893 bits per heavy atom. The topological polar surface area (TPSA) is 18.5 Å². The second-order valence-electron chi connectivity index (χ2n) is 9.01. The number of methoxy groups -OCH3 is 1. The predicted molar refractivity (Wildman–Crippen MR) is 109 cm³/mol. The van der Waals surface area contributed by atoms with Crippen LogP contribution in [0.1, 0.15) is 76.7 Å². The zero-order valence-corrected chi connectivity index (χ0v) is 17.7. The third kappa shape index (κ3) is 4.99. The van der Waals surface area contributed by atoms with Crippen molar-refractivity contribution in [2.45, 2.75) is 78.1 Å². The van der Waals surface area contributed by atoms with Gasteiger partial charge in [-0.3, -0.25) is 0 Å². The standard InChI is InChI=1S/C24H36F2O2/c1-4-5-17-6-10-19(11-7-17)20-12-8-18(9-13-20)15-28-24-16(2)14-21(27-3)22(25)23(24)26/h14,17-20H,4-13,15H2,1-3H3. The molecule has 1 aromatic rings. The van der Waals surface area contributed by atoms with Crippen molar-refractivity contribution in [2.75, 3.05) is 13.7 Å². The van der Waals surface area contributed by atoms with Gasteiger partial charge in [0.25, 0.3) is 0 Å². The van der Waals surface area contributed by atoms with Crippen LogP contribution in [-0.4, -0.2) is 13.7 Å². The largest absolute Gasteiger partial charge is 0.494 e. The Hall–Kier alpha value is -1.32. The minimum atomic E-state index is -0.967. The molecular weight excluding hydrogens is 358 g/mol. The Kier molecular flexibility index (Phi) is 7.59. The van der Waals surface area contributed by atoms with Gasteiger partial charge in [0, 0.05) is 0 Å². The molecule has 3 rings (SSSR count). The number of halogens is 2. The summed E-state index contributed by atoms with van der Waals surface area (Å²) in [4.78, 5) is 0. The first-order chi connectivity index (χ1) is 13.5. The van der Waals surface area contributed by atoms with Crippen LogP contribution < -0.4 is 9.47 Å². The van der Waals surface area contributed by atoms with E-state index in [1.165, 1.54) is 64.5 Å². The zero-order chi connectivity index (χ0) is 20.1. The molecule has 0 aromatic heterocycles. The Bertz CT molecular complexity index is 630. The van der Waals surface area contributed by atoms with Crippen LogP contribution in [0.4, 0.5) is 8.78 Å². The fraction of sp³-hybridized carbons (Fsp3) is 0.750. The van der Waals surface area contributed by atoms with Gasteiger partial charge in [0.1, 0.15) is 0 Å². The van der Waals surface area contributed by atoms with Gasteiger partial charge in [-0.2, -0.15) is 8.78 Å². The van der Waals surface area contributed by atoms with Crippen molar-refractivity contribution in [3.63, 3.8) is 0 Å². The van der Waals surface area contributed by atoms with Crippen LogP contribution in [0, 0.1) is 42.2 Å². The maximum absolute atomic E-state index is 14.3. The van der Waals surface area contributed by atoms with Crippen molar-refractivity contribution in [2.24, 2.45) is 23.7 Å². The molecule has 0 spiro atoms. The number of ether oxygens (including phenoxy) is 2. The number of benzene rings is 1. The van der Waals surface area contributed by atoms with Gasteiger partial charge in [0.15, 0.2) is 11.5 Å². The van der Waals surface area contributed by atoms with E-state index in [4.69, 9.17) is 9.47 Å². The summed E-state index contributed by atoms with van der Waals surface area (Å²) in [6.07, 6.45) is 13.2. The van der Waals surface area contributed by atoms with Gasteiger partial charge >= 0.3 is 0 Å². The van der Waals surface area contributed by atoms with E-state index in [1.54, 1.807) is 6.92 Å². The molecule has 0 amide bonds. The van der Waals surface area contributed by atoms with Crippen molar-refractivity contribution in [3.8, 4) is 11.5 Å². The molecule has 2 aliphatic carbocycles. The van der Waals surface area contributed by atoms with Crippen LogP contribution in [-0.2, 0) is 0 Å². The summed E-state index contributed by atoms with van der Waals surface area (Å²) in [6.45, 7) is 4.49. The average molecular weight is 395 g/mol. The van der Waals surface area contributed by atoms with Gasteiger partial charge in [-0.05, 0) is 80.8 Å². The van der Waals surface area contributed by atoms with Crippen LogP contribution in [0.3, 0.4) is 0 Å². The molecule has 0 unspecified atom stereocenters.